The summed E-state index contributed by atoms with van der Waals surface area (Å²) in [6.07, 6.45) is -4.88. The van der Waals surface area contributed by atoms with Crippen LogP contribution in [-0.4, -0.2) is 12.1 Å². The summed E-state index contributed by atoms with van der Waals surface area (Å²) >= 11 is 3.09. The van der Waals surface area contributed by atoms with Crippen LogP contribution in [-0.2, 0) is 4.79 Å². The molecule has 0 atom stereocenters. The Morgan fingerprint density at radius 3 is 2.25 bits per heavy atom. The fraction of sp³-hybridized carbons (Fsp3) is 0.300. The van der Waals surface area contributed by atoms with Crippen molar-refractivity contribution in [3.05, 3.63) is 27.7 Å². The van der Waals surface area contributed by atoms with Crippen molar-refractivity contribution in [1.82, 2.24) is 0 Å². The maximum absolute atomic E-state index is 12.0. The van der Waals surface area contributed by atoms with E-state index in [-0.39, 0.29) is 5.69 Å². The monoisotopic (exact) mass is 295 g/mol. The molecule has 0 aliphatic heterocycles. The average molecular weight is 296 g/mol. The van der Waals surface area contributed by atoms with Crippen molar-refractivity contribution in [2.75, 3.05) is 5.32 Å². The van der Waals surface area contributed by atoms with E-state index in [9.17, 15) is 18.0 Å². The molecule has 0 aliphatic carbocycles. The van der Waals surface area contributed by atoms with Gasteiger partial charge in [0.05, 0.1) is 5.69 Å². The first-order valence-electron chi connectivity index (χ1n) is 4.36. The van der Waals surface area contributed by atoms with Gasteiger partial charge in [0.1, 0.15) is 0 Å². The highest BCUT2D eigenvalue weighted by Gasteiger charge is 2.38. The Labute approximate surface area is 99.0 Å². The number of carbonyl (C=O) groups is 1. The van der Waals surface area contributed by atoms with Crippen LogP contribution in [0.5, 0.6) is 0 Å². The second-order valence-electron chi connectivity index (χ2n) is 3.37. The van der Waals surface area contributed by atoms with Crippen molar-refractivity contribution in [3.8, 4) is 0 Å². The molecular weight excluding hydrogens is 287 g/mol. The Balaban J connectivity index is 2.99. The third kappa shape index (κ3) is 2.98. The number of nitrogens with one attached hydrogen (secondary N) is 1. The lowest BCUT2D eigenvalue weighted by molar-refractivity contribution is -0.167. The van der Waals surface area contributed by atoms with E-state index in [0.29, 0.717) is 4.47 Å². The van der Waals surface area contributed by atoms with Crippen molar-refractivity contribution in [1.29, 1.82) is 0 Å². The zero-order chi connectivity index (χ0) is 12.5. The van der Waals surface area contributed by atoms with Crippen molar-refractivity contribution in [3.63, 3.8) is 0 Å². The van der Waals surface area contributed by atoms with Gasteiger partial charge in [-0.1, -0.05) is 0 Å². The SMILES string of the molecule is Cc1cc(Br)c(NC(=O)C(F)(F)F)cc1C. The van der Waals surface area contributed by atoms with Crippen molar-refractivity contribution >= 4 is 27.5 Å². The summed E-state index contributed by atoms with van der Waals surface area (Å²) in [5.41, 5.74) is 1.85. The molecule has 1 aromatic rings. The Morgan fingerprint density at radius 2 is 1.75 bits per heavy atom. The Kier molecular flexibility index (Phi) is 3.62. The molecule has 1 rings (SSSR count). The molecular formula is C10H9BrF3NO. The number of aryl methyl sites for hydroxylation is 2. The zero-order valence-electron chi connectivity index (χ0n) is 8.57. The highest BCUT2D eigenvalue weighted by atomic mass is 79.9. The zero-order valence-corrected chi connectivity index (χ0v) is 10.2. The van der Waals surface area contributed by atoms with Crippen LogP contribution in [0.3, 0.4) is 0 Å². The Bertz CT molecular complexity index is 429. The molecule has 2 nitrogen and oxygen atoms in total. The van der Waals surface area contributed by atoms with Crippen molar-refractivity contribution in [2.24, 2.45) is 0 Å². The van der Waals surface area contributed by atoms with Gasteiger partial charge in [-0.3, -0.25) is 4.79 Å². The molecule has 1 amide bonds. The molecule has 0 saturated carbocycles. The molecule has 0 aliphatic rings. The third-order valence-electron chi connectivity index (χ3n) is 2.09. The summed E-state index contributed by atoms with van der Waals surface area (Å²) in [7, 11) is 0. The lowest BCUT2D eigenvalue weighted by Gasteiger charge is -2.11. The fourth-order valence-corrected chi connectivity index (χ4v) is 1.63. The van der Waals surface area contributed by atoms with E-state index >= 15 is 0 Å². The average Bonchev–Trinajstić information content (AvgIpc) is 2.12. The summed E-state index contributed by atoms with van der Waals surface area (Å²) in [6.45, 7) is 3.58. The second kappa shape index (κ2) is 4.45. The first kappa shape index (κ1) is 13.0. The molecule has 0 spiro atoms. The van der Waals surface area contributed by atoms with Gasteiger partial charge in [-0.05, 0) is 53.0 Å². The maximum atomic E-state index is 12.0. The Hall–Kier alpha value is -1.04. The van der Waals surface area contributed by atoms with Crippen molar-refractivity contribution < 1.29 is 18.0 Å². The van der Waals surface area contributed by atoms with Crippen molar-refractivity contribution in [2.45, 2.75) is 20.0 Å². The van der Waals surface area contributed by atoms with Gasteiger partial charge < -0.3 is 5.32 Å². The molecule has 1 N–H and O–H groups in total. The molecule has 0 radical (unpaired) electrons. The number of alkyl halides is 3. The Morgan fingerprint density at radius 1 is 1.25 bits per heavy atom. The van der Waals surface area contributed by atoms with Crippen LogP contribution < -0.4 is 5.32 Å². The largest absolute Gasteiger partial charge is 0.471 e. The summed E-state index contributed by atoms with van der Waals surface area (Å²) < 4.78 is 36.5. The predicted molar refractivity (Wildman–Crippen MR) is 58.3 cm³/mol. The molecule has 0 heterocycles. The molecule has 0 fully saturated rings. The quantitative estimate of drug-likeness (QED) is 0.843. The minimum Gasteiger partial charge on any atom is -0.317 e. The highest BCUT2D eigenvalue weighted by Crippen LogP contribution is 2.27. The van der Waals surface area contributed by atoms with Crippen LogP contribution in [0.4, 0.5) is 18.9 Å². The summed E-state index contributed by atoms with van der Waals surface area (Å²) in [5, 5.41) is 1.81. The molecule has 0 aromatic heterocycles. The van der Waals surface area contributed by atoms with Crippen LogP contribution in [0.2, 0.25) is 0 Å². The standard InChI is InChI=1S/C10H9BrF3NO/c1-5-3-7(11)8(4-6(5)2)15-9(16)10(12,13)14/h3-4H,1-2H3,(H,15,16). The lowest BCUT2D eigenvalue weighted by atomic mass is 10.1. The minimum atomic E-state index is -4.88. The van der Waals surface area contributed by atoms with Gasteiger partial charge in [0.15, 0.2) is 0 Å². The van der Waals surface area contributed by atoms with E-state index < -0.39 is 12.1 Å². The number of halogens is 4. The lowest BCUT2D eigenvalue weighted by Crippen LogP contribution is -2.30. The van der Waals surface area contributed by atoms with E-state index in [1.165, 1.54) is 6.07 Å². The van der Waals surface area contributed by atoms with Gasteiger partial charge in [0.25, 0.3) is 0 Å². The summed E-state index contributed by atoms with van der Waals surface area (Å²) in [6, 6.07) is 3.14. The summed E-state index contributed by atoms with van der Waals surface area (Å²) in [4.78, 5) is 10.7. The van der Waals surface area contributed by atoms with Crippen LogP contribution in [0, 0.1) is 13.8 Å². The molecule has 6 heteroatoms. The van der Waals surface area contributed by atoms with E-state index in [4.69, 9.17) is 0 Å². The number of carbonyl (C=O) groups excluding carboxylic acids is 1. The second-order valence-corrected chi connectivity index (χ2v) is 4.22. The highest BCUT2D eigenvalue weighted by molar-refractivity contribution is 9.10. The van der Waals surface area contributed by atoms with E-state index in [0.717, 1.165) is 11.1 Å². The smallest absolute Gasteiger partial charge is 0.317 e. The maximum Gasteiger partial charge on any atom is 0.471 e. The van der Waals surface area contributed by atoms with Gasteiger partial charge in [-0.25, -0.2) is 0 Å². The van der Waals surface area contributed by atoms with E-state index in [1.807, 2.05) is 12.2 Å². The van der Waals surface area contributed by atoms with E-state index in [2.05, 4.69) is 15.9 Å². The fourth-order valence-electron chi connectivity index (χ4n) is 1.07. The normalized spacial score (nSPS) is 11.4. The number of rotatable bonds is 1. The molecule has 0 saturated heterocycles. The van der Waals surface area contributed by atoms with Crippen LogP contribution in [0.15, 0.2) is 16.6 Å². The van der Waals surface area contributed by atoms with E-state index in [1.54, 1.807) is 13.0 Å². The van der Waals surface area contributed by atoms with Crippen LogP contribution in [0.1, 0.15) is 11.1 Å². The van der Waals surface area contributed by atoms with Crippen LogP contribution in [0.25, 0.3) is 0 Å². The minimum absolute atomic E-state index is 0.116. The topological polar surface area (TPSA) is 29.1 Å². The van der Waals surface area contributed by atoms with Gasteiger partial charge >= 0.3 is 12.1 Å². The number of hydrogen-bond donors (Lipinski definition) is 1. The van der Waals surface area contributed by atoms with Gasteiger partial charge in [-0.15, -0.1) is 0 Å². The summed E-state index contributed by atoms with van der Waals surface area (Å²) in [5.74, 6) is -1.98. The first-order chi connectivity index (χ1) is 7.21. The molecule has 0 unspecified atom stereocenters. The van der Waals surface area contributed by atoms with Crippen LogP contribution >= 0.6 is 15.9 Å². The third-order valence-corrected chi connectivity index (χ3v) is 2.75. The van der Waals surface area contributed by atoms with Gasteiger partial charge in [-0.2, -0.15) is 13.2 Å². The molecule has 16 heavy (non-hydrogen) atoms. The van der Waals surface area contributed by atoms with Gasteiger partial charge in [0.2, 0.25) is 0 Å². The first-order valence-corrected chi connectivity index (χ1v) is 5.16. The number of hydrogen-bond acceptors (Lipinski definition) is 1. The van der Waals surface area contributed by atoms with Gasteiger partial charge in [0, 0.05) is 4.47 Å². The predicted octanol–water partition coefficient (Wildman–Crippen LogP) is 3.57. The number of anilines is 1. The molecule has 1 aromatic carbocycles. The number of benzene rings is 1. The molecule has 0 bridgehead atoms. The molecule has 88 valence electrons. The number of amides is 1.